The van der Waals surface area contributed by atoms with Crippen molar-refractivity contribution in [1.82, 2.24) is 0 Å². The summed E-state index contributed by atoms with van der Waals surface area (Å²) in [6, 6.07) is 54.4. The smallest absolute Gasteiger partial charge is 0.252 e. The lowest BCUT2D eigenvalue weighted by Gasteiger charge is -2.45. The predicted molar refractivity (Wildman–Crippen MR) is 285 cm³/mol. The number of hydrogen-bond acceptors (Lipinski definition) is 4. The molecule has 0 amide bonds. The van der Waals surface area contributed by atoms with Gasteiger partial charge in [-0.15, -0.1) is 11.3 Å². The average molecular weight is 868 g/mol. The van der Waals surface area contributed by atoms with Crippen LogP contribution in [0.3, 0.4) is 0 Å². The van der Waals surface area contributed by atoms with Gasteiger partial charge in [-0.05, 0) is 154 Å². The highest BCUT2D eigenvalue weighted by molar-refractivity contribution is 7.25. The fraction of sp³-hybridized carbons (Fsp3) is 0.300. The maximum Gasteiger partial charge on any atom is 0.252 e. The van der Waals surface area contributed by atoms with Crippen LogP contribution in [0.2, 0.25) is 0 Å². The van der Waals surface area contributed by atoms with Crippen LogP contribution in [0.15, 0.2) is 140 Å². The van der Waals surface area contributed by atoms with Crippen molar-refractivity contribution in [1.29, 1.82) is 0 Å². The molecule has 0 unspecified atom stereocenters. The molecule has 3 nitrogen and oxygen atoms in total. The molecule has 2 aliphatic heterocycles. The minimum Gasteiger partial charge on any atom is -0.341 e. The molecule has 0 N–H and O–H groups in total. The molecule has 0 atom stereocenters. The number of nitrogens with zero attached hydrogens (tertiary/aromatic N) is 3. The van der Waals surface area contributed by atoms with Crippen molar-refractivity contribution in [3.63, 3.8) is 0 Å². The van der Waals surface area contributed by atoms with E-state index in [9.17, 15) is 0 Å². The molecular formula is C60H62BN3S. The summed E-state index contributed by atoms with van der Waals surface area (Å²) < 4.78 is 2.66. The lowest BCUT2D eigenvalue weighted by Crippen LogP contribution is -2.61. The van der Waals surface area contributed by atoms with E-state index in [-0.39, 0.29) is 23.0 Å². The molecule has 1 aromatic heterocycles. The second-order valence-corrected chi connectivity index (χ2v) is 22.6. The van der Waals surface area contributed by atoms with E-state index in [2.05, 4.69) is 217 Å². The number of fused-ring (bicyclic) bond motifs is 7. The fourth-order valence-electron chi connectivity index (χ4n) is 11.6. The van der Waals surface area contributed by atoms with Gasteiger partial charge in [-0.2, -0.15) is 0 Å². The Morgan fingerprint density at radius 1 is 0.585 bits per heavy atom. The molecule has 1 fully saturated rings. The van der Waals surface area contributed by atoms with E-state index in [1.165, 1.54) is 136 Å². The van der Waals surface area contributed by atoms with Gasteiger partial charge in [-0.1, -0.05) is 134 Å². The zero-order valence-electron chi connectivity index (χ0n) is 39.8. The van der Waals surface area contributed by atoms with Crippen LogP contribution in [0.25, 0.3) is 20.2 Å². The number of rotatable bonds is 6. The number of anilines is 8. The summed E-state index contributed by atoms with van der Waals surface area (Å²) in [4.78, 5) is 7.77. The highest BCUT2D eigenvalue weighted by Crippen LogP contribution is 2.49. The van der Waals surface area contributed by atoms with E-state index in [0.29, 0.717) is 0 Å². The molecule has 8 aromatic rings. The van der Waals surface area contributed by atoms with Gasteiger partial charge in [-0.3, -0.25) is 0 Å². The normalized spacial score (nSPS) is 15.6. The van der Waals surface area contributed by atoms with Crippen LogP contribution < -0.4 is 31.1 Å². The molecule has 1 saturated carbocycles. The van der Waals surface area contributed by atoms with Crippen molar-refractivity contribution in [2.45, 2.75) is 111 Å². The third kappa shape index (κ3) is 6.91. The molecular weight excluding hydrogens is 806 g/mol. The van der Waals surface area contributed by atoms with Crippen molar-refractivity contribution < 1.29 is 0 Å². The first kappa shape index (κ1) is 41.9. The topological polar surface area (TPSA) is 9.72 Å². The van der Waals surface area contributed by atoms with Gasteiger partial charge >= 0.3 is 0 Å². The Bertz CT molecular complexity index is 3140. The molecule has 0 saturated heterocycles. The third-order valence-electron chi connectivity index (χ3n) is 15.1. The Morgan fingerprint density at radius 2 is 1.23 bits per heavy atom. The van der Waals surface area contributed by atoms with Crippen LogP contribution >= 0.6 is 11.3 Å². The first-order valence-corrected chi connectivity index (χ1v) is 25.0. The Balaban J connectivity index is 1.17. The van der Waals surface area contributed by atoms with Gasteiger partial charge in [0.25, 0.3) is 6.71 Å². The summed E-state index contributed by atoms with van der Waals surface area (Å²) in [7, 11) is 0. The lowest BCUT2D eigenvalue weighted by atomic mass is 9.33. The highest BCUT2D eigenvalue weighted by atomic mass is 32.1. The van der Waals surface area contributed by atoms with E-state index < -0.39 is 0 Å². The second kappa shape index (κ2) is 15.4. The van der Waals surface area contributed by atoms with Gasteiger partial charge in [0.15, 0.2) is 0 Å². The molecule has 326 valence electrons. The lowest BCUT2D eigenvalue weighted by molar-refractivity contribution is 0.320. The summed E-state index contributed by atoms with van der Waals surface area (Å²) >= 11 is 1.89. The predicted octanol–water partition coefficient (Wildman–Crippen LogP) is 15.4. The summed E-state index contributed by atoms with van der Waals surface area (Å²) in [6.45, 7) is 22.0. The molecule has 3 aliphatic rings. The highest BCUT2D eigenvalue weighted by Gasteiger charge is 2.44. The van der Waals surface area contributed by atoms with Gasteiger partial charge in [0, 0.05) is 72.2 Å². The largest absolute Gasteiger partial charge is 0.341 e. The number of para-hydroxylation sites is 1. The first-order valence-electron chi connectivity index (χ1n) is 24.1. The Kier molecular flexibility index (Phi) is 9.93. The maximum absolute atomic E-state index is 2.60. The molecule has 0 spiro atoms. The first-order chi connectivity index (χ1) is 31.2. The summed E-state index contributed by atoms with van der Waals surface area (Å²) in [5, 5.41) is 2.64. The Morgan fingerprint density at radius 3 is 1.95 bits per heavy atom. The van der Waals surface area contributed by atoms with Crippen LogP contribution in [-0.2, 0) is 16.2 Å². The van der Waals surface area contributed by atoms with Crippen LogP contribution in [-0.4, -0.2) is 13.3 Å². The van der Waals surface area contributed by atoms with Gasteiger partial charge in [0.05, 0.1) is 0 Å². The van der Waals surface area contributed by atoms with Gasteiger partial charge < -0.3 is 14.7 Å². The molecule has 5 heteroatoms. The van der Waals surface area contributed by atoms with Crippen LogP contribution in [0, 0.1) is 6.92 Å². The van der Waals surface area contributed by atoms with Gasteiger partial charge in [0.2, 0.25) is 0 Å². The molecule has 11 rings (SSSR count). The molecule has 3 heterocycles. The van der Waals surface area contributed by atoms with E-state index in [1.807, 2.05) is 11.3 Å². The number of aryl methyl sites for hydroxylation is 1. The third-order valence-corrected chi connectivity index (χ3v) is 16.3. The van der Waals surface area contributed by atoms with Crippen molar-refractivity contribution in [3.8, 4) is 0 Å². The Hall–Kier alpha value is -5.78. The maximum atomic E-state index is 2.60. The second-order valence-electron chi connectivity index (χ2n) is 21.5. The number of benzene rings is 7. The van der Waals surface area contributed by atoms with Crippen molar-refractivity contribution >= 4 is 100 Å². The van der Waals surface area contributed by atoms with E-state index in [0.717, 1.165) is 6.54 Å². The minimum atomic E-state index is -0.0169. The van der Waals surface area contributed by atoms with Crippen molar-refractivity contribution in [2.75, 3.05) is 21.2 Å². The fourth-order valence-corrected chi connectivity index (χ4v) is 12.7. The van der Waals surface area contributed by atoms with E-state index >= 15 is 0 Å². The van der Waals surface area contributed by atoms with Crippen molar-refractivity contribution in [3.05, 3.63) is 162 Å². The molecule has 65 heavy (non-hydrogen) atoms. The number of hydrogen-bond donors (Lipinski definition) is 0. The molecule has 1 aliphatic carbocycles. The van der Waals surface area contributed by atoms with Gasteiger partial charge in [-0.25, -0.2) is 0 Å². The zero-order valence-corrected chi connectivity index (χ0v) is 40.7. The molecule has 7 aromatic carbocycles. The van der Waals surface area contributed by atoms with E-state index in [1.54, 1.807) is 0 Å². The standard InChI is InChI=1S/C60H62BN3S/c1-10-62(50-20-14-13-19-47(50)60(9)32-16-11-17-33-60)43-27-29-48-52(38-43)63(42-25-22-40(23-26-42)58(3,4)5)53-34-39(2)35-54-57(53)61(48)49-36-41(59(6,7)8)24-30-51(49)64(54)44-28-31-56-46(37-44)45-18-12-15-21-55(45)65-56/h12-15,18-31,34-38H,10-11,16-17,32-33H2,1-9H3. The van der Waals surface area contributed by atoms with Crippen molar-refractivity contribution in [2.24, 2.45) is 0 Å². The Labute approximate surface area is 391 Å². The molecule has 0 radical (unpaired) electrons. The van der Waals surface area contributed by atoms with Gasteiger partial charge in [0.1, 0.15) is 0 Å². The average Bonchev–Trinajstić information content (AvgIpc) is 3.67. The minimum absolute atomic E-state index is 0.0169. The number of thiophene rings is 1. The quantitative estimate of drug-likeness (QED) is 0.154. The summed E-state index contributed by atoms with van der Waals surface area (Å²) in [5.41, 5.74) is 19.7. The SMILES string of the molecule is CCN(c1ccc2c(c1)N(c1ccc(C(C)(C)C)cc1)c1cc(C)cc3c1B2c1cc(C(C)(C)C)ccc1N3c1ccc2sc3ccccc3c2c1)c1ccccc1C1(C)CCCCC1. The van der Waals surface area contributed by atoms with Crippen LogP contribution in [0.1, 0.15) is 110 Å². The van der Waals surface area contributed by atoms with Crippen LogP contribution in [0.4, 0.5) is 45.5 Å². The summed E-state index contributed by atoms with van der Waals surface area (Å²) in [6.07, 6.45) is 6.44. The van der Waals surface area contributed by atoms with E-state index in [4.69, 9.17) is 0 Å². The van der Waals surface area contributed by atoms with Crippen LogP contribution in [0.5, 0.6) is 0 Å². The summed E-state index contributed by atoms with van der Waals surface area (Å²) in [5.74, 6) is 0. The molecule has 0 bridgehead atoms. The monoisotopic (exact) mass is 867 g/mol. The zero-order chi connectivity index (χ0) is 45.0.